The molecule has 0 bridgehead atoms. The third kappa shape index (κ3) is 6.28. The van der Waals surface area contributed by atoms with E-state index in [1.165, 1.54) is 62.5 Å². The molecule has 114 valence electrons. The first-order valence-electron chi connectivity index (χ1n) is 8.12. The zero-order valence-electron chi connectivity index (χ0n) is 13.3. The predicted molar refractivity (Wildman–Crippen MR) is 90.6 cm³/mol. The zero-order chi connectivity index (χ0) is 14.8. The zero-order valence-corrected chi connectivity index (χ0v) is 14.1. The minimum atomic E-state index is 0.460. The normalized spacial score (nSPS) is 12.6. The highest BCUT2D eigenvalue weighted by Gasteiger charge is 2.09. The first-order valence-corrected chi connectivity index (χ1v) is 8.50. The van der Waals surface area contributed by atoms with Gasteiger partial charge in [-0.1, -0.05) is 75.6 Å². The molecule has 1 N–H and O–H groups in total. The van der Waals surface area contributed by atoms with Gasteiger partial charge in [-0.25, -0.2) is 0 Å². The molecule has 0 saturated heterocycles. The van der Waals surface area contributed by atoms with Crippen molar-refractivity contribution in [1.82, 2.24) is 5.32 Å². The molecule has 1 aromatic rings. The van der Waals surface area contributed by atoms with Gasteiger partial charge in [-0.2, -0.15) is 0 Å². The summed E-state index contributed by atoms with van der Waals surface area (Å²) in [5.41, 5.74) is 2.53. The number of benzene rings is 1. The monoisotopic (exact) mass is 295 g/mol. The van der Waals surface area contributed by atoms with Gasteiger partial charge in [0, 0.05) is 11.1 Å². The molecule has 0 heterocycles. The van der Waals surface area contributed by atoms with Crippen LogP contribution < -0.4 is 5.32 Å². The van der Waals surface area contributed by atoms with E-state index in [1.54, 1.807) is 0 Å². The van der Waals surface area contributed by atoms with Gasteiger partial charge in [0.2, 0.25) is 0 Å². The lowest BCUT2D eigenvalue weighted by atomic mass is 9.98. The standard InChI is InChI=1S/C18H30ClN/c1-4-5-6-7-8-9-10-11-18(20-3)16-12-13-17(19)15(2)14-16/h12-14,18,20H,4-11H2,1-3H3. The summed E-state index contributed by atoms with van der Waals surface area (Å²) >= 11 is 6.10. The van der Waals surface area contributed by atoms with E-state index < -0.39 is 0 Å². The largest absolute Gasteiger partial charge is 0.313 e. The molecule has 2 heteroatoms. The van der Waals surface area contributed by atoms with Crippen molar-refractivity contribution in [2.45, 2.75) is 71.3 Å². The fraction of sp³-hybridized carbons (Fsp3) is 0.667. The van der Waals surface area contributed by atoms with Crippen molar-refractivity contribution in [2.75, 3.05) is 7.05 Å². The Morgan fingerprint density at radius 2 is 1.70 bits per heavy atom. The van der Waals surface area contributed by atoms with Crippen LogP contribution in [0.15, 0.2) is 18.2 Å². The van der Waals surface area contributed by atoms with Crippen molar-refractivity contribution in [3.8, 4) is 0 Å². The lowest BCUT2D eigenvalue weighted by Crippen LogP contribution is -2.16. The van der Waals surface area contributed by atoms with Crippen LogP contribution in [0.4, 0.5) is 0 Å². The molecule has 0 fully saturated rings. The Labute approximate surface area is 130 Å². The number of rotatable bonds is 10. The molecule has 0 aliphatic carbocycles. The van der Waals surface area contributed by atoms with E-state index >= 15 is 0 Å². The van der Waals surface area contributed by atoms with Crippen LogP contribution >= 0.6 is 11.6 Å². The van der Waals surface area contributed by atoms with Crippen molar-refractivity contribution >= 4 is 11.6 Å². The molecule has 20 heavy (non-hydrogen) atoms. The van der Waals surface area contributed by atoms with Gasteiger partial charge < -0.3 is 5.32 Å². The van der Waals surface area contributed by atoms with Crippen LogP contribution in [0.3, 0.4) is 0 Å². The van der Waals surface area contributed by atoms with Gasteiger partial charge in [-0.05, 0) is 37.6 Å². The molecule has 0 amide bonds. The minimum Gasteiger partial charge on any atom is -0.313 e. The van der Waals surface area contributed by atoms with Crippen molar-refractivity contribution in [2.24, 2.45) is 0 Å². The van der Waals surface area contributed by atoms with Gasteiger partial charge in [0.25, 0.3) is 0 Å². The van der Waals surface area contributed by atoms with E-state index in [-0.39, 0.29) is 0 Å². The van der Waals surface area contributed by atoms with Crippen molar-refractivity contribution in [3.63, 3.8) is 0 Å². The molecule has 1 aromatic carbocycles. The fourth-order valence-corrected chi connectivity index (χ4v) is 2.79. The first kappa shape index (κ1) is 17.5. The minimum absolute atomic E-state index is 0.460. The summed E-state index contributed by atoms with van der Waals surface area (Å²) in [5, 5.41) is 4.29. The Bertz CT molecular complexity index is 376. The van der Waals surface area contributed by atoms with Crippen LogP contribution in [0.5, 0.6) is 0 Å². The Morgan fingerprint density at radius 3 is 2.30 bits per heavy atom. The maximum absolute atomic E-state index is 6.10. The maximum atomic E-state index is 6.10. The average molecular weight is 296 g/mol. The molecule has 1 rings (SSSR count). The summed E-state index contributed by atoms with van der Waals surface area (Å²) in [7, 11) is 2.05. The van der Waals surface area contributed by atoms with Crippen molar-refractivity contribution < 1.29 is 0 Å². The highest BCUT2D eigenvalue weighted by Crippen LogP contribution is 2.24. The molecule has 0 aliphatic heterocycles. The Kier molecular flexibility index (Phi) is 8.97. The molecule has 1 unspecified atom stereocenters. The summed E-state index contributed by atoms with van der Waals surface area (Å²) in [5.74, 6) is 0. The number of unbranched alkanes of at least 4 members (excludes halogenated alkanes) is 6. The van der Waals surface area contributed by atoms with Gasteiger partial charge >= 0.3 is 0 Å². The van der Waals surface area contributed by atoms with E-state index in [1.807, 2.05) is 6.07 Å². The summed E-state index contributed by atoms with van der Waals surface area (Å²) < 4.78 is 0. The van der Waals surface area contributed by atoms with Crippen LogP contribution in [0.1, 0.15) is 75.5 Å². The van der Waals surface area contributed by atoms with Gasteiger partial charge in [0.15, 0.2) is 0 Å². The lowest BCUT2D eigenvalue weighted by Gasteiger charge is -2.17. The van der Waals surface area contributed by atoms with Gasteiger partial charge in [-0.3, -0.25) is 0 Å². The average Bonchev–Trinajstić information content (AvgIpc) is 2.45. The van der Waals surface area contributed by atoms with E-state index in [2.05, 4.69) is 38.3 Å². The highest BCUT2D eigenvalue weighted by molar-refractivity contribution is 6.31. The van der Waals surface area contributed by atoms with Crippen molar-refractivity contribution in [3.05, 3.63) is 34.3 Å². The van der Waals surface area contributed by atoms with E-state index in [0.717, 1.165) is 5.02 Å². The summed E-state index contributed by atoms with van der Waals surface area (Å²) in [6.07, 6.45) is 10.8. The number of hydrogen-bond acceptors (Lipinski definition) is 1. The number of halogens is 1. The van der Waals surface area contributed by atoms with E-state index in [0.29, 0.717) is 6.04 Å². The van der Waals surface area contributed by atoms with Crippen LogP contribution in [0, 0.1) is 6.92 Å². The summed E-state index contributed by atoms with van der Waals surface area (Å²) in [6, 6.07) is 6.84. The summed E-state index contributed by atoms with van der Waals surface area (Å²) in [4.78, 5) is 0. The Balaban J connectivity index is 2.30. The van der Waals surface area contributed by atoms with Gasteiger partial charge in [0.1, 0.15) is 0 Å². The van der Waals surface area contributed by atoms with E-state index in [4.69, 9.17) is 11.6 Å². The van der Waals surface area contributed by atoms with Crippen LogP contribution in [0.25, 0.3) is 0 Å². The smallest absolute Gasteiger partial charge is 0.0435 e. The van der Waals surface area contributed by atoms with Gasteiger partial charge in [0.05, 0.1) is 0 Å². The fourth-order valence-electron chi connectivity index (χ4n) is 2.67. The number of hydrogen-bond donors (Lipinski definition) is 1. The molecule has 0 spiro atoms. The second-order valence-corrected chi connectivity index (χ2v) is 6.17. The van der Waals surface area contributed by atoms with Crippen LogP contribution in [-0.2, 0) is 0 Å². The van der Waals surface area contributed by atoms with E-state index in [9.17, 15) is 0 Å². The second-order valence-electron chi connectivity index (χ2n) is 5.76. The molecule has 1 nitrogen and oxygen atoms in total. The topological polar surface area (TPSA) is 12.0 Å². The molecular formula is C18H30ClN. The molecule has 0 aromatic heterocycles. The molecule has 0 aliphatic rings. The quantitative estimate of drug-likeness (QED) is 0.518. The molecular weight excluding hydrogens is 266 g/mol. The predicted octanol–water partition coefficient (Wildman–Crippen LogP) is 6.05. The first-order chi connectivity index (χ1) is 9.69. The lowest BCUT2D eigenvalue weighted by molar-refractivity contribution is 0.495. The van der Waals surface area contributed by atoms with Crippen molar-refractivity contribution in [1.29, 1.82) is 0 Å². The summed E-state index contributed by atoms with van der Waals surface area (Å²) in [6.45, 7) is 4.35. The molecule has 0 saturated carbocycles. The third-order valence-corrected chi connectivity index (χ3v) is 4.45. The van der Waals surface area contributed by atoms with Crippen LogP contribution in [0.2, 0.25) is 5.02 Å². The Hall–Kier alpha value is -0.530. The maximum Gasteiger partial charge on any atom is 0.0435 e. The third-order valence-electron chi connectivity index (χ3n) is 4.03. The SMILES string of the molecule is CCCCCCCCCC(NC)c1ccc(Cl)c(C)c1. The highest BCUT2D eigenvalue weighted by atomic mass is 35.5. The molecule has 0 radical (unpaired) electrons. The number of nitrogens with one attached hydrogen (secondary N) is 1. The molecule has 1 atom stereocenters. The number of aryl methyl sites for hydroxylation is 1. The van der Waals surface area contributed by atoms with Gasteiger partial charge in [-0.15, -0.1) is 0 Å². The van der Waals surface area contributed by atoms with Crippen LogP contribution in [-0.4, -0.2) is 7.05 Å². The second kappa shape index (κ2) is 10.2. The Morgan fingerprint density at radius 1 is 1.05 bits per heavy atom.